The molecule has 0 aromatic carbocycles. The molecule has 2 rings (SSSR count). The van der Waals surface area contributed by atoms with Crippen molar-refractivity contribution in [1.29, 1.82) is 0 Å². The molecule has 2 aliphatic rings. The predicted octanol–water partition coefficient (Wildman–Crippen LogP) is 3.58. The summed E-state index contributed by atoms with van der Waals surface area (Å²) in [4.78, 5) is 0. The van der Waals surface area contributed by atoms with Crippen molar-refractivity contribution in [2.24, 2.45) is 17.8 Å². The minimum Gasteiger partial charge on any atom is -0.342 e. The zero-order chi connectivity index (χ0) is 15.7. The highest BCUT2D eigenvalue weighted by atomic mass is 16.8. The van der Waals surface area contributed by atoms with Crippen molar-refractivity contribution in [3.05, 3.63) is 0 Å². The van der Waals surface area contributed by atoms with Crippen LogP contribution in [-0.4, -0.2) is 37.0 Å². The lowest BCUT2D eigenvalue weighted by Crippen LogP contribution is -2.61. The van der Waals surface area contributed by atoms with Gasteiger partial charge < -0.3 is 18.9 Å². The maximum absolute atomic E-state index is 6.23. The molecule has 2 saturated heterocycles. The van der Waals surface area contributed by atoms with Crippen LogP contribution in [0.1, 0.15) is 54.9 Å². The molecule has 0 aromatic rings. The summed E-state index contributed by atoms with van der Waals surface area (Å²) in [6, 6.07) is 0. The van der Waals surface area contributed by atoms with Gasteiger partial charge in [0.2, 0.25) is 12.6 Å². The van der Waals surface area contributed by atoms with E-state index in [0.29, 0.717) is 17.8 Å². The fourth-order valence-electron chi connectivity index (χ4n) is 3.27. The number of hydrogen-bond donors (Lipinski definition) is 0. The van der Waals surface area contributed by atoms with Crippen molar-refractivity contribution in [3.8, 4) is 0 Å². The van der Waals surface area contributed by atoms with Gasteiger partial charge in [-0.05, 0) is 24.2 Å². The number of hydrogen-bond acceptors (Lipinski definition) is 4. The number of rotatable bonds is 4. The highest BCUT2D eigenvalue weighted by Crippen LogP contribution is 2.36. The lowest BCUT2D eigenvalue weighted by atomic mass is 9.92. The molecule has 4 nitrogen and oxygen atoms in total. The fourth-order valence-corrected chi connectivity index (χ4v) is 3.27. The summed E-state index contributed by atoms with van der Waals surface area (Å²) in [6.07, 6.45) is 0.398. The average Bonchev–Trinajstić information content (AvgIpc) is 2.43. The van der Waals surface area contributed by atoms with E-state index in [1.165, 1.54) is 0 Å². The van der Waals surface area contributed by atoms with Crippen LogP contribution in [-0.2, 0) is 18.9 Å². The van der Waals surface area contributed by atoms with Crippen molar-refractivity contribution < 1.29 is 18.9 Å². The molecule has 2 aliphatic heterocycles. The Balaban J connectivity index is 2.13. The van der Waals surface area contributed by atoms with Crippen molar-refractivity contribution in [2.75, 3.05) is 0 Å². The van der Waals surface area contributed by atoms with Crippen LogP contribution in [0.3, 0.4) is 0 Å². The standard InChI is InChI=1S/C17H32O4/c1-8-12-13(9(2)3)19-17-16(18-12)20-14(10(4)5)15(21-17)11(6)7/h9-17H,8H2,1-7H3. The van der Waals surface area contributed by atoms with Gasteiger partial charge in [-0.2, -0.15) is 0 Å². The number of fused-ring (bicyclic) bond motifs is 1. The molecule has 0 aromatic heterocycles. The van der Waals surface area contributed by atoms with Gasteiger partial charge in [0.25, 0.3) is 0 Å². The van der Waals surface area contributed by atoms with E-state index in [1.54, 1.807) is 0 Å². The Kier molecular flexibility index (Phi) is 5.69. The Bertz CT molecular complexity index is 329. The molecule has 0 aliphatic carbocycles. The Hall–Kier alpha value is -0.160. The summed E-state index contributed by atoms with van der Waals surface area (Å²) in [5.41, 5.74) is 0. The topological polar surface area (TPSA) is 36.9 Å². The van der Waals surface area contributed by atoms with Crippen LogP contribution in [0.5, 0.6) is 0 Å². The molecule has 6 unspecified atom stereocenters. The van der Waals surface area contributed by atoms with E-state index >= 15 is 0 Å². The van der Waals surface area contributed by atoms with E-state index in [-0.39, 0.29) is 24.4 Å². The summed E-state index contributed by atoms with van der Waals surface area (Å²) in [5, 5.41) is 0. The van der Waals surface area contributed by atoms with E-state index < -0.39 is 12.6 Å². The molecule has 2 heterocycles. The van der Waals surface area contributed by atoms with Gasteiger partial charge in [-0.3, -0.25) is 0 Å². The van der Waals surface area contributed by atoms with E-state index in [1.807, 2.05) is 0 Å². The maximum Gasteiger partial charge on any atom is 0.210 e. The van der Waals surface area contributed by atoms with Gasteiger partial charge in [0.15, 0.2) is 0 Å². The molecular formula is C17H32O4. The Morgan fingerprint density at radius 2 is 1.00 bits per heavy atom. The largest absolute Gasteiger partial charge is 0.342 e. The van der Waals surface area contributed by atoms with Crippen LogP contribution in [0.2, 0.25) is 0 Å². The molecule has 0 amide bonds. The molecule has 0 bridgehead atoms. The summed E-state index contributed by atoms with van der Waals surface area (Å²) in [6.45, 7) is 15.1. The molecule has 4 heteroatoms. The zero-order valence-electron chi connectivity index (χ0n) is 14.5. The lowest BCUT2D eigenvalue weighted by molar-refractivity contribution is -0.424. The van der Waals surface area contributed by atoms with Crippen LogP contribution in [0.25, 0.3) is 0 Å². The van der Waals surface area contributed by atoms with E-state index in [2.05, 4.69) is 48.5 Å². The molecule has 0 spiro atoms. The normalized spacial score (nSPS) is 40.9. The van der Waals surface area contributed by atoms with Crippen LogP contribution >= 0.6 is 0 Å². The molecule has 2 fully saturated rings. The molecule has 6 atom stereocenters. The first-order valence-corrected chi connectivity index (χ1v) is 8.47. The highest BCUT2D eigenvalue weighted by molar-refractivity contribution is 4.86. The second-order valence-corrected chi connectivity index (χ2v) is 7.35. The van der Waals surface area contributed by atoms with Crippen LogP contribution < -0.4 is 0 Å². The van der Waals surface area contributed by atoms with E-state index in [0.717, 1.165) is 6.42 Å². The van der Waals surface area contributed by atoms with Crippen LogP contribution in [0.4, 0.5) is 0 Å². The second kappa shape index (κ2) is 6.95. The zero-order valence-corrected chi connectivity index (χ0v) is 14.5. The molecule has 0 saturated carbocycles. The van der Waals surface area contributed by atoms with Gasteiger partial charge in [0, 0.05) is 0 Å². The Morgan fingerprint density at radius 3 is 1.38 bits per heavy atom. The SMILES string of the molecule is CCC1OC2OC(C(C)C)C(C(C)C)OC2OC1C(C)C. The fraction of sp³-hybridized carbons (Fsp3) is 1.00. The summed E-state index contributed by atoms with van der Waals surface area (Å²) >= 11 is 0. The lowest BCUT2D eigenvalue weighted by Gasteiger charge is -2.50. The molecule has 0 N–H and O–H groups in total. The van der Waals surface area contributed by atoms with Crippen LogP contribution in [0, 0.1) is 17.8 Å². The number of ether oxygens (including phenoxy) is 4. The molecular weight excluding hydrogens is 268 g/mol. The first kappa shape index (κ1) is 17.2. The van der Waals surface area contributed by atoms with E-state index in [9.17, 15) is 0 Å². The first-order valence-electron chi connectivity index (χ1n) is 8.47. The van der Waals surface area contributed by atoms with Gasteiger partial charge in [-0.15, -0.1) is 0 Å². The van der Waals surface area contributed by atoms with Crippen molar-refractivity contribution in [2.45, 2.75) is 91.9 Å². The van der Waals surface area contributed by atoms with Gasteiger partial charge in [0.05, 0.1) is 24.4 Å². The van der Waals surface area contributed by atoms with E-state index in [4.69, 9.17) is 18.9 Å². The minimum atomic E-state index is -0.400. The maximum atomic E-state index is 6.23. The molecule has 0 radical (unpaired) electrons. The molecule has 124 valence electrons. The van der Waals surface area contributed by atoms with Crippen molar-refractivity contribution in [1.82, 2.24) is 0 Å². The summed E-state index contributed by atoms with van der Waals surface area (Å²) in [7, 11) is 0. The Labute approximate surface area is 129 Å². The third-order valence-electron chi connectivity index (χ3n) is 4.47. The third kappa shape index (κ3) is 3.61. The van der Waals surface area contributed by atoms with Crippen molar-refractivity contribution >= 4 is 0 Å². The smallest absolute Gasteiger partial charge is 0.210 e. The first-order chi connectivity index (χ1) is 9.85. The second-order valence-electron chi connectivity index (χ2n) is 7.35. The quantitative estimate of drug-likeness (QED) is 0.795. The van der Waals surface area contributed by atoms with Gasteiger partial charge in [0.1, 0.15) is 0 Å². The summed E-state index contributed by atoms with van der Waals surface area (Å²) < 4.78 is 24.8. The molecule has 21 heavy (non-hydrogen) atoms. The van der Waals surface area contributed by atoms with Crippen LogP contribution in [0.15, 0.2) is 0 Å². The monoisotopic (exact) mass is 300 g/mol. The Morgan fingerprint density at radius 1 is 0.619 bits per heavy atom. The van der Waals surface area contributed by atoms with Gasteiger partial charge in [-0.1, -0.05) is 48.5 Å². The average molecular weight is 300 g/mol. The third-order valence-corrected chi connectivity index (χ3v) is 4.47. The summed E-state index contributed by atoms with van der Waals surface area (Å²) in [5.74, 6) is 1.19. The van der Waals surface area contributed by atoms with Gasteiger partial charge >= 0.3 is 0 Å². The predicted molar refractivity (Wildman–Crippen MR) is 81.9 cm³/mol. The van der Waals surface area contributed by atoms with Gasteiger partial charge in [-0.25, -0.2) is 0 Å². The minimum absolute atomic E-state index is 0.0563. The highest BCUT2D eigenvalue weighted by Gasteiger charge is 2.48. The van der Waals surface area contributed by atoms with Crippen molar-refractivity contribution in [3.63, 3.8) is 0 Å².